The van der Waals surface area contributed by atoms with Crippen molar-refractivity contribution in [3.8, 4) is 11.5 Å². The fraction of sp³-hybridized carbons (Fsp3) is 0.231. The number of hydrogen-bond donors (Lipinski definition) is 1. The molecule has 0 spiro atoms. The first-order valence-corrected chi connectivity index (χ1v) is 10.7. The number of carboxylic acid groups (broad SMARTS) is 1. The first-order chi connectivity index (χ1) is 15.4. The molecule has 3 aromatic rings. The summed E-state index contributed by atoms with van der Waals surface area (Å²) in [7, 11) is 0. The van der Waals surface area contributed by atoms with Gasteiger partial charge in [-0.2, -0.15) is 0 Å². The minimum atomic E-state index is -1.01. The van der Waals surface area contributed by atoms with E-state index in [0.717, 1.165) is 11.1 Å². The molecule has 32 heavy (non-hydrogen) atoms. The maximum Gasteiger partial charge on any atom is 0.412 e. The van der Waals surface area contributed by atoms with E-state index >= 15 is 0 Å². The zero-order valence-electron chi connectivity index (χ0n) is 18.4. The quantitative estimate of drug-likeness (QED) is 0.549. The van der Waals surface area contributed by atoms with Crippen molar-refractivity contribution in [2.75, 3.05) is 16.3 Å². The number of benzene rings is 3. The predicted octanol–water partition coefficient (Wildman–Crippen LogP) is 6.02. The molecule has 0 aromatic heterocycles. The lowest BCUT2D eigenvalue weighted by Crippen LogP contribution is -2.52. The Hall–Kier alpha value is -3.80. The molecular weight excluding hydrogens is 404 g/mol. The lowest BCUT2D eigenvalue weighted by molar-refractivity contribution is 0.0980. The van der Waals surface area contributed by atoms with Crippen LogP contribution in [0.15, 0.2) is 66.7 Å². The molecule has 0 saturated carbocycles. The van der Waals surface area contributed by atoms with Crippen LogP contribution >= 0.6 is 0 Å². The van der Waals surface area contributed by atoms with E-state index in [1.807, 2.05) is 69.3 Å². The smallest absolute Gasteiger partial charge is 0.412 e. The average Bonchev–Trinajstić information content (AvgIpc) is 2.79. The normalized spacial score (nSPS) is 15.3. The molecule has 0 radical (unpaired) electrons. The highest BCUT2D eigenvalue weighted by Gasteiger charge is 2.37. The van der Waals surface area contributed by atoms with Gasteiger partial charge in [0.05, 0.1) is 23.0 Å². The van der Waals surface area contributed by atoms with Crippen molar-refractivity contribution in [3.05, 3.63) is 83.4 Å². The van der Waals surface area contributed by atoms with E-state index in [2.05, 4.69) is 0 Å². The van der Waals surface area contributed by atoms with E-state index in [1.54, 1.807) is 23.1 Å². The van der Waals surface area contributed by atoms with Crippen molar-refractivity contribution in [2.45, 2.75) is 33.2 Å². The van der Waals surface area contributed by atoms with Crippen LogP contribution in [0.25, 0.3) is 0 Å². The van der Waals surface area contributed by atoms with Gasteiger partial charge in [0.25, 0.3) is 5.91 Å². The summed E-state index contributed by atoms with van der Waals surface area (Å²) in [6, 6.07) is 19.9. The number of rotatable bonds is 4. The molecular formula is C26H26N2O4. The van der Waals surface area contributed by atoms with Crippen LogP contribution in [-0.4, -0.2) is 29.7 Å². The minimum absolute atomic E-state index is 0.218. The van der Waals surface area contributed by atoms with E-state index in [0.29, 0.717) is 34.9 Å². The van der Waals surface area contributed by atoms with Crippen molar-refractivity contribution >= 4 is 23.4 Å². The Morgan fingerprint density at radius 1 is 0.969 bits per heavy atom. The number of ether oxygens (including phenoxy) is 1. The summed E-state index contributed by atoms with van der Waals surface area (Å²) in [5.41, 5.74) is 3.54. The third-order valence-corrected chi connectivity index (χ3v) is 5.91. The van der Waals surface area contributed by atoms with Gasteiger partial charge in [-0.15, -0.1) is 0 Å². The Morgan fingerprint density at radius 2 is 1.59 bits per heavy atom. The van der Waals surface area contributed by atoms with Crippen LogP contribution in [0.3, 0.4) is 0 Å². The molecule has 1 aliphatic heterocycles. The van der Waals surface area contributed by atoms with Crippen LogP contribution in [-0.2, 0) is 0 Å². The standard InChI is InChI=1S/C26H26N2O4/c1-4-19-16-27(22-14-17(2)18(3)15-23(22)28(19)26(30)31)25(29)21-12-8-9-13-24(21)32-20-10-6-5-7-11-20/h5-15,19H,4,16H2,1-3H3,(H,30,31). The van der Waals surface area contributed by atoms with Gasteiger partial charge in [-0.25, -0.2) is 4.79 Å². The van der Waals surface area contributed by atoms with Gasteiger partial charge in [0.1, 0.15) is 11.5 Å². The molecule has 4 rings (SSSR count). The molecule has 6 heteroatoms. The highest BCUT2D eigenvalue weighted by Crippen LogP contribution is 2.40. The van der Waals surface area contributed by atoms with E-state index in [1.165, 1.54) is 4.90 Å². The van der Waals surface area contributed by atoms with E-state index in [4.69, 9.17) is 4.74 Å². The number of nitrogens with zero attached hydrogens (tertiary/aromatic N) is 2. The van der Waals surface area contributed by atoms with Crippen LogP contribution in [0.1, 0.15) is 34.8 Å². The van der Waals surface area contributed by atoms with E-state index in [9.17, 15) is 14.7 Å². The van der Waals surface area contributed by atoms with E-state index < -0.39 is 6.09 Å². The molecule has 1 atom stereocenters. The highest BCUT2D eigenvalue weighted by atomic mass is 16.5. The molecule has 2 amide bonds. The molecule has 1 aliphatic rings. The molecule has 1 heterocycles. The van der Waals surface area contributed by atoms with Gasteiger partial charge in [0, 0.05) is 6.54 Å². The fourth-order valence-corrected chi connectivity index (χ4v) is 4.04. The number of aryl methyl sites for hydroxylation is 2. The highest BCUT2D eigenvalue weighted by molar-refractivity contribution is 6.11. The molecule has 6 nitrogen and oxygen atoms in total. The summed E-state index contributed by atoms with van der Waals surface area (Å²) >= 11 is 0. The van der Waals surface area contributed by atoms with Crippen molar-refractivity contribution in [3.63, 3.8) is 0 Å². The summed E-state index contributed by atoms with van der Waals surface area (Å²) in [6.07, 6.45) is -0.425. The number of para-hydroxylation sites is 2. The van der Waals surface area contributed by atoms with Gasteiger partial charge in [0.2, 0.25) is 0 Å². The van der Waals surface area contributed by atoms with Crippen molar-refractivity contribution in [1.82, 2.24) is 0 Å². The summed E-state index contributed by atoms with van der Waals surface area (Å²) in [6.45, 7) is 6.11. The third kappa shape index (κ3) is 3.91. The van der Waals surface area contributed by atoms with Crippen molar-refractivity contribution in [1.29, 1.82) is 0 Å². The molecule has 164 valence electrons. The predicted molar refractivity (Wildman–Crippen MR) is 125 cm³/mol. The fourth-order valence-electron chi connectivity index (χ4n) is 4.04. The number of anilines is 2. The molecule has 0 bridgehead atoms. The third-order valence-electron chi connectivity index (χ3n) is 5.91. The van der Waals surface area contributed by atoms with Crippen LogP contribution < -0.4 is 14.5 Å². The molecule has 0 aliphatic carbocycles. The lowest BCUT2D eigenvalue weighted by atomic mass is 9.99. The van der Waals surface area contributed by atoms with Gasteiger partial charge >= 0.3 is 6.09 Å². The van der Waals surface area contributed by atoms with Gasteiger partial charge in [-0.3, -0.25) is 9.69 Å². The second kappa shape index (κ2) is 8.75. The molecule has 1 N–H and O–H groups in total. The number of carbonyl (C=O) groups is 2. The summed E-state index contributed by atoms with van der Waals surface area (Å²) in [5.74, 6) is 0.883. The Kier molecular flexibility index (Phi) is 5.86. The molecule has 3 aromatic carbocycles. The molecule has 0 saturated heterocycles. The molecule has 0 fully saturated rings. The average molecular weight is 431 g/mol. The van der Waals surface area contributed by atoms with Crippen LogP contribution in [0.5, 0.6) is 11.5 Å². The summed E-state index contributed by atoms with van der Waals surface area (Å²) < 4.78 is 6.01. The summed E-state index contributed by atoms with van der Waals surface area (Å²) in [4.78, 5) is 28.9. The lowest BCUT2D eigenvalue weighted by Gasteiger charge is -2.41. The van der Waals surface area contributed by atoms with E-state index in [-0.39, 0.29) is 18.5 Å². The Labute approximate surface area is 187 Å². The number of hydrogen-bond acceptors (Lipinski definition) is 3. The SMILES string of the molecule is CCC1CN(C(=O)c2ccccc2Oc2ccccc2)c2cc(C)c(C)cc2N1C(=O)O. The van der Waals surface area contributed by atoms with Gasteiger partial charge in [0.15, 0.2) is 0 Å². The second-order valence-electron chi connectivity index (χ2n) is 7.97. The largest absolute Gasteiger partial charge is 0.465 e. The zero-order valence-corrected chi connectivity index (χ0v) is 18.4. The topological polar surface area (TPSA) is 70.1 Å². The molecule has 1 unspecified atom stereocenters. The number of amides is 2. The van der Waals surface area contributed by atoms with Crippen LogP contribution in [0.4, 0.5) is 16.2 Å². The zero-order chi connectivity index (χ0) is 22.8. The monoisotopic (exact) mass is 430 g/mol. The maximum atomic E-state index is 13.8. The Morgan fingerprint density at radius 3 is 2.25 bits per heavy atom. The Balaban J connectivity index is 1.79. The van der Waals surface area contributed by atoms with Crippen molar-refractivity contribution < 1.29 is 19.4 Å². The van der Waals surface area contributed by atoms with Gasteiger partial charge < -0.3 is 14.7 Å². The van der Waals surface area contributed by atoms with Crippen LogP contribution in [0.2, 0.25) is 0 Å². The Bertz CT molecular complexity index is 1160. The van der Waals surface area contributed by atoms with Crippen molar-refractivity contribution in [2.24, 2.45) is 0 Å². The first kappa shape index (κ1) is 21.4. The second-order valence-corrected chi connectivity index (χ2v) is 7.97. The van der Waals surface area contributed by atoms with Gasteiger partial charge in [-0.1, -0.05) is 37.3 Å². The number of fused-ring (bicyclic) bond motifs is 1. The number of carbonyl (C=O) groups excluding carboxylic acids is 1. The maximum absolute atomic E-state index is 13.8. The first-order valence-electron chi connectivity index (χ1n) is 10.7. The van der Waals surface area contributed by atoms with Crippen LogP contribution in [0, 0.1) is 13.8 Å². The minimum Gasteiger partial charge on any atom is -0.465 e. The summed E-state index contributed by atoms with van der Waals surface area (Å²) in [5, 5.41) is 9.90. The van der Waals surface area contributed by atoms with Gasteiger partial charge in [-0.05, 0) is 67.8 Å².